The van der Waals surface area contributed by atoms with Crippen LogP contribution in [0.4, 0.5) is 0 Å². The largest absolute Gasteiger partial charge is 0.298 e. The Kier molecular flexibility index (Phi) is 12.7. The van der Waals surface area contributed by atoms with Gasteiger partial charge in [-0.15, -0.1) is 0 Å². The zero-order valence-corrected chi connectivity index (χ0v) is 27.3. The molecule has 6 aromatic rings. The van der Waals surface area contributed by atoms with Crippen LogP contribution >= 0.6 is 69.6 Å². The summed E-state index contributed by atoms with van der Waals surface area (Å²) in [6.45, 7) is 0. The van der Waals surface area contributed by atoms with Gasteiger partial charge in [-0.05, 0) is 54.6 Å². The van der Waals surface area contributed by atoms with E-state index >= 15 is 0 Å². The van der Waals surface area contributed by atoms with Crippen molar-refractivity contribution in [1.82, 2.24) is 15.0 Å². The van der Waals surface area contributed by atoms with Crippen molar-refractivity contribution in [2.75, 3.05) is 0 Å². The number of pyridine rings is 3. The van der Waals surface area contributed by atoms with Crippen LogP contribution in [0.2, 0.25) is 30.1 Å². The molecule has 0 unspecified atom stereocenters. The van der Waals surface area contributed by atoms with Crippen LogP contribution in [0, 0.1) is 0 Å². The predicted molar refractivity (Wildman–Crippen MR) is 177 cm³/mol. The Hall–Kier alpha value is -2.83. The van der Waals surface area contributed by atoms with E-state index in [1.807, 2.05) is 0 Å². The summed E-state index contributed by atoms with van der Waals surface area (Å²) in [5, 5.41) is 4.71. The summed E-state index contributed by atoms with van der Waals surface area (Å²) < 4.78 is 0. The number of carbonyl (C=O) groups excluding carboxylic acids is 3. The SMILES string of the molecule is O=Cc1c(Cl)cc(Cl)c2cccnc12.O=Cc1c(Cl)cc(Cl)c2cccnc12.O=Cc1c(Cl)cc(Cl)c2cccnc12.[Al]. The van der Waals surface area contributed by atoms with Gasteiger partial charge >= 0.3 is 0 Å². The van der Waals surface area contributed by atoms with Gasteiger partial charge in [-0.3, -0.25) is 29.3 Å². The Balaban J connectivity index is 0.000000175. The normalized spacial score (nSPS) is 10.2. The number of rotatable bonds is 3. The molecule has 0 amide bonds. The average Bonchev–Trinajstić information content (AvgIpc) is 2.99. The minimum absolute atomic E-state index is 0. The first-order valence-corrected chi connectivity index (χ1v) is 14.0. The summed E-state index contributed by atoms with van der Waals surface area (Å²) in [7, 11) is 0. The van der Waals surface area contributed by atoms with Crippen molar-refractivity contribution in [3.05, 3.63) is 120 Å². The van der Waals surface area contributed by atoms with Gasteiger partial charge < -0.3 is 0 Å². The number of hydrogen-bond donors (Lipinski definition) is 0. The number of nitrogens with zero attached hydrogens (tertiary/aromatic N) is 3. The Bertz CT molecular complexity index is 1770. The van der Waals surface area contributed by atoms with E-state index in [-0.39, 0.29) is 17.4 Å². The quantitative estimate of drug-likeness (QED) is 0.135. The Morgan fingerprint density at radius 2 is 0.698 bits per heavy atom. The summed E-state index contributed by atoms with van der Waals surface area (Å²) >= 11 is 35.4. The molecule has 0 N–H and O–H groups in total. The fourth-order valence-corrected chi connectivity index (χ4v) is 5.60. The fourth-order valence-electron chi connectivity index (χ4n) is 3.91. The number of hydrogen-bond acceptors (Lipinski definition) is 6. The highest BCUT2D eigenvalue weighted by Crippen LogP contribution is 2.32. The lowest BCUT2D eigenvalue weighted by Gasteiger charge is -2.03. The molecule has 0 fully saturated rings. The number of carbonyl (C=O) groups is 3. The van der Waals surface area contributed by atoms with Crippen molar-refractivity contribution in [3.63, 3.8) is 0 Å². The monoisotopic (exact) mass is 702 g/mol. The first kappa shape index (κ1) is 34.7. The van der Waals surface area contributed by atoms with Crippen LogP contribution in [-0.4, -0.2) is 51.2 Å². The lowest BCUT2D eigenvalue weighted by atomic mass is 10.1. The fraction of sp³-hybridized carbons (Fsp3) is 0. The molecular weight excluding hydrogens is 690 g/mol. The molecule has 3 heterocycles. The maximum Gasteiger partial charge on any atom is 0.153 e. The molecule has 0 aliphatic rings. The molecule has 0 spiro atoms. The van der Waals surface area contributed by atoms with Gasteiger partial charge in [0.25, 0.3) is 0 Å². The van der Waals surface area contributed by atoms with Crippen LogP contribution < -0.4 is 0 Å². The molecule has 213 valence electrons. The van der Waals surface area contributed by atoms with E-state index in [0.717, 1.165) is 16.2 Å². The number of halogens is 6. The van der Waals surface area contributed by atoms with Gasteiger partial charge in [0, 0.05) is 52.1 Å². The van der Waals surface area contributed by atoms with E-state index < -0.39 is 0 Å². The number of benzene rings is 3. The molecule has 0 atom stereocenters. The highest BCUT2D eigenvalue weighted by molar-refractivity contribution is 6.41. The van der Waals surface area contributed by atoms with E-state index in [0.29, 0.717) is 82.2 Å². The molecule has 0 saturated heterocycles. The summed E-state index contributed by atoms with van der Waals surface area (Å²) in [4.78, 5) is 44.6. The third-order valence-corrected chi connectivity index (χ3v) is 7.72. The van der Waals surface area contributed by atoms with E-state index in [2.05, 4.69) is 15.0 Å². The number of fused-ring (bicyclic) bond motifs is 3. The Labute approximate surface area is 286 Å². The predicted octanol–water partition coefficient (Wildman–Crippen LogP) is 9.68. The summed E-state index contributed by atoms with van der Waals surface area (Å²) in [6.07, 6.45) is 6.86. The van der Waals surface area contributed by atoms with Gasteiger partial charge in [-0.25, -0.2) is 0 Å². The molecule has 6 rings (SSSR count). The molecular formula is C30H15AlCl6N3O3. The zero-order chi connectivity index (χ0) is 30.4. The van der Waals surface area contributed by atoms with Gasteiger partial charge in [0.15, 0.2) is 18.9 Å². The summed E-state index contributed by atoms with van der Waals surface area (Å²) in [6, 6.07) is 15.3. The van der Waals surface area contributed by atoms with Crippen LogP contribution in [0.5, 0.6) is 0 Å². The second-order valence-corrected chi connectivity index (χ2v) is 10.8. The molecule has 3 aromatic heterocycles. The smallest absolute Gasteiger partial charge is 0.153 e. The molecule has 3 aromatic carbocycles. The first-order valence-electron chi connectivity index (χ1n) is 11.8. The zero-order valence-electron chi connectivity index (χ0n) is 21.6. The third-order valence-electron chi connectivity index (χ3n) is 5.85. The van der Waals surface area contributed by atoms with Crippen molar-refractivity contribution >= 4 is 139 Å². The standard InChI is InChI=1S/3C10H5Cl2NO.Al/c3*11-8-4-9(12)7(5-14)10-6(8)2-1-3-13-10;/h3*1-5H;. The van der Waals surface area contributed by atoms with E-state index in [9.17, 15) is 14.4 Å². The summed E-state index contributed by atoms with van der Waals surface area (Å²) in [5.41, 5.74) is 2.77. The van der Waals surface area contributed by atoms with Gasteiger partial charge in [0.2, 0.25) is 0 Å². The Morgan fingerprint density at radius 3 is 0.930 bits per heavy atom. The van der Waals surface area contributed by atoms with Gasteiger partial charge in [0.05, 0.1) is 63.4 Å². The maximum atomic E-state index is 10.8. The van der Waals surface area contributed by atoms with Crippen LogP contribution in [0.25, 0.3) is 32.7 Å². The van der Waals surface area contributed by atoms with Crippen molar-refractivity contribution in [1.29, 1.82) is 0 Å². The molecule has 6 nitrogen and oxygen atoms in total. The van der Waals surface area contributed by atoms with Crippen LogP contribution in [0.3, 0.4) is 0 Å². The highest BCUT2D eigenvalue weighted by atomic mass is 35.5. The molecule has 43 heavy (non-hydrogen) atoms. The van der Waals surface area contributed by atoms with Gasteiger partial charge in [0.1, 0.15) is 0 Å². The van der Waals surface area contributed by atoms with Crippen molar-refractivity contribution in [2.24, 2.45) is 0 Å². The third kappa shape index (κ3) is 7.64. The van der Waals surface area contributed by atoms with Crippen LogP contribution in [0.15, 0.2) is 73.2 Å². The second-order valence-electron chi connectivity index (χ2n) is 8.31. The topological polar surface area (TPSA) is 89.9 Å². The lowest BCUT2D eigenvalue weighted by Crippen LogP contribution is -1.89. The molecule has 0 aliphatic heterocycles. The molecule has 0 aliphatic carbocycles. The van der Waals surface area contributed by atoms with Crippen molar-refractivity contribution < 1.29 is 14.4 Å². The Morgan fingerprint density at radius 1 is 0.442 bits per heavy atom. The molecule has 0 saturated carbocycles. The lowest BCUT2D eigenvalue weighted by molar-refractivity contribution is 0.111. The van der Waals surface area contributed by atoms with Crippen molar-refractivity contribution in [2.45, 2.75) is 0 Å². The van der Waals surface area contributed by atoms with Gasteiger partial charge in [-0.1, -0.05) is 69.6 Å². The summed E-state index contributed by atoms with van der Waals surface area (Å²) in [5.74, 6) is 0. The minimum atomic E-state index is 0. The highest BCUT2D eigenvalue weighted by Gasteiger charge is 2.11. The second kappa shape index (κ2) is 15.8. The van der Waals surface area contributed by atoms with Crippen molar-refractivity contribution in [3.8, 4) is 0 Å². The van der Waals surface area contributed by atoms with E-state index in [1.165, 1.54) is 0 Å². The molecule has 13 heteroatoms. The van der Waals surface area contributed by atoms with Crippen LogP contribution in [0.1, 0.15) is 31.1 Å². The minimum Gasteiger partial charge on any atom is -0.298 e. The van der Waals surface area contributed by atoms with E-state index in [4.69, 9.17) is 69.6 Å². The van der Waals surface area contributed by atoms with Crippen LogP contribution in [-0.2, 0) is 0 Å². The average molecular weight is 705 g/mol. The molecule has 0 bridgehead atoms. The number of aldehydes is 3. The molecule has 3 radical (unpaired) electrons. The maximum absolute atomic E-state index is 10.8. The number of aromatic nitrogens is 3. The first-order chi connectivity index (χ1) is 20.2. The van der Waals surface area contributed by atoms with Gasteiger partial charge in [-0.2, -0.15) is 0 Å². The van der Waals surface area contributed by atoms with E-state index in [1.54, 1.807) is 73.2 Å².